The predicted octanol–water partition coefficient (Wildman–Crippen LogP) is 2.97. The number of nitro groups is 1. The van der Waals surface area contributed by atoms with Gasteiger partial charge in [-0.15, -0.1) is 0 Å². The highest BCUT2D eigenvalue weighted by Crippen LogP contribution is 2.27. The molecule has 1 heterocycles. The molecule has 0 N–H and O–H groups in total. The normalized spacial score (nSPS) is 16.6. The molecular formula is C19H21N3O5S. The summed E-state index contributed by atoms with van der Waals surface area (Å²) in [6.45, 7) is 2.19. The van der Waals surface area contributed by atoms with Crippen molar-refractivity contribution in [2.45, 2.75) is 19.4 Å². The van der Waals surface area contributed by atoms with Crippen molar-refractivity contribution in [1.82, 2.24) is 4.90 Å². The highest BCUT2D eigenvalue weighted by Gasteiger charge is 2.29. The molecule has 0 radical (unpaired) electrons. The Morgan fingerprint density at radius 2 is 1.93 bits per heavy atom. The van der Waals surface area contributed by atoms with Crippen LogP contribution in [0.4, 0.5) is 11.4 Å². The molecule has 1 aliphatic heterocycles. The molecule has 3 rings (SSSR count). The van der Waals surface area contributed by atoms with Gasteiger partial charge < -0.3 is 4.90 Å². The van der Waals surface area contributed by atoms with Gasteiger partial charge in [-0.3, -0.25) is 19.2 Å². The number of amides is 1. The SMILES string of the molecule is CC(c1cccc([N+](=O)[O-])c1)N(C)C(=O)c1cccc(N2CCCS2(=O)=O)c1. The second-order valence-electron chi connectivity index (χ2n) is 6.74. The molecule has 1 atom stereocenters. The Balaban J connectivity index is 1.84. The largest absolute Gasteiger partial charge is 0.335 e. The van der Waals surface area contributed by atoms with Crippen molar-refractivity contribution in [1.29, 1.82) is 0 Å². The van der Waals surface area contributed by atoms with Gasteiger partial charge in [0.05, 0.1) is 22.4 Å². The number of hydrogen-bond donors (Lipinski definition) is 0. The molecule has 2 aromatic rings. The van der Waals surface area contributed by atoms with Crippen LogP contribution in [0, 0.1) is 10.1 Å². The van der Waals surface area contributed by atoms with Gasteiger partial charge in [-0.25, -0.2) is 8.42 Å². The van der Waals surface area contributed by atoms with Crippen LogP contribution in [0.1, 0.15) is 35.3 Å². The number of sulfonamides is 1. The van der Waals surface area contributed by atoms with Gasteiger partial charge in [0.25, 0.3) is 11.6 Å². The van der Waals surface area contributed by atoms with Gasteiger partial charge in [0.2, 0.25) is 10.0 Å². The predicted molar refractivity (Wildman–Crippen MR) is 106 cm³/mol. The summed E-state index contributed by atoms with van der Waals surface area (Å²) >= 11 is 0. The first-order valence-electron chi connectivity index (χ1n) is 8.83. The molecule has 148 valence electrons. The molecule has 28 heavy (non-hydrogen) atoms. The summed E-state index contributed by atoms with van der Waals surface area (Å²) in [7, 11) is -1.71. The highest BCUT2D eigenvalue weighted by molar-refractivity contribution is 7.93. The van der Waals surface area contributed by atoms with Gasteiger partial charge in [0.1, 0.15) is 0 Å². The summed E-state index contributed by atoms with van der Waals surface area (Å²) in [5.74, 6) is -0.188. The molecule has 0 aromatic heterocycles. The Hall–Kier alpha value is -2.94. The van der Waals surface area contributed by atoms with E-state index in [2.05, 4.69) is 0 Å². The molecule has 1 amide bonds. The fraction of sp³-hybridized carbons (Fsp3) is 0.316. The van der Waals surface area contributed by atoms with Gasteiger partial charge in [0.15, 0.2) is 0 Å². The van der Waals surface area contributed by atoms with E-state index in [1.54, 1.807) is 50.4 Å². The van der Waals surface area contributed by atoms with E-state index in [-0.39, 0.29) is 17.3 Å². The molecule has 1 saturated heterocycles. The highest BCUT2D eigenvalue weighted by atomic mass is 32.2. The molecule has 2 aromatic carbocycles. The molecule has 1 fully saturated rings. The Bertz CT molecular complexity index is 1020. The van der Waals surface area contributed by atoms with E-state index in [0.717, 1.165) is 0 Å². The average molecular weight is 403 g/mol. The zero-order valence-corrected chi connectivity index (χ0v) is 16.4. The lowest BCUT2D eigenvalue weighted by Crippen LogP contribution is -2.30. The lowest BCUT2D eigenvalue weighted by Gasteiger charge is -2.26. The Labute approximate surface area is 163 Å². The third kappa shape index (κ3) is 3.84. The first-order valence-corrected chi connectivity index (χ1v) is 10.4. The number of nitro benzene ring substituents is 1. The van der Waals surface area contributed by atoms with Crippen LogP contribution in [0.2, 0.25) is 0 Å². The maximum absolute atomic E-state index is 12.9. The van der Waals surface area contributed by atoms with E-state index < -0.39 is 21.0 Å². The summed E-state index contributed by atoms with van der Waals surface area (Å²) in [6.07, 6.45) is 0.560. The van der Waals surface area contributed by atoms with Crippen LogP contribution in [0.5, 0.6) is 0 Å². The summed E-state index contributed by atoms with van der Waals surface area (Å²) in [5.41, 5.74) is 1.44. The number of rotatable bonds is 5. The van der Waals surface area contributed by atoms with Crippen molar-refractivity contribution in [3.05, 3.63) is 69.8 Å². The number of non-ortho nitro benzene ring substituents is 1. The van der Waals surface area contributed by atoms with Crippen LogP contribution in [-0.4, -0.2) is 43.5 Å². The van der Waals surface area contributed by atoms with Crippen molar-refractivity contribution in [3.63, 3.8) is 0 Å². The van der Waals surface area contributed by atoms with Crippen LogP contribution in [0.3, 0.4) is 0 Å². The second kappa shape index (κ2) is 7.59. The molecule has 1 unspecified atom stereocenters. The molecule has 0 spiro atoms. The van der Waals surface area contributed by atoms with Gasteiger partial charge in [-0.05, 0) is 37.1 Å². The van der Waals surface area contributed by atoms with Gasteiger partial charge >= 0.3 is 0 Å². The molecule has 0 bridgehead atoms. The summed E-state index contributed by atoms with van der Waals surface area (Å²) in [5, 5.41) is 11.0. The van der Waals surface area contributed by atoms with E-state index in [1.807, 2.05) is 0 Å². The van der Waals surface area contributed by atoms with Crippen LogP contribution in [0.15, 0.2) is 48.5 Å². The number of benzene rings is 2. The molecular weight excluding hydrogens is 382 g/mol. The van der Waals surface area contributed by atoms with Crippen LogP contribution in [-0.2, 0) is 10.0 Å². The maximum Gasteiger partial charge on any atom is 0.269 e. The smallest absolute Gasteiger partial charge is 0.269 e. The van der Waals surface area contributed by atoms with Crippen LogP contribution >= 0.6 is 0 Å². The number of carbonyl (C=O) groups is 1. The van der Waals surface area contributed by atoms with Crippen molar-refractivity contribution >= 4 is 27.3 Å². The summed E-state index contributed by atoms with van der Waals surface area (Å²) < 4.78 is 25.6. The summed E-state index contributed by atoms with van der Waals surface area (Å²) in [4.78, 5) is 24.9. The van der Waals surface area contributed by atoms with Crippen molar-refractivity contribution in [2.75, 3.05) is 23.7 Å². The van der Waals surface area contributed by atoms with Gasteiger partial charge in [-0.2, -0.15) is 0 Å². The zero-order valence-electron chi connectivity index (χ0n) is 15.6. The lowest BCUT2D eigenvalue weighted by atomic mass is 10.1. The van der Waals surface area contributed by atoms with Gasteiger partial charge in [0, 0.05) is 31.3 Å². The third-order valence-electron chi connectivity index (χ3n) is 4.95. The second-order valence-corrected chi connectivity index (χ2v) is 8.75. The number of anilines is 1. The summed E-state index contributed by atoms with van der Waals surface area (Å²) in [6, 6.07) is 12.3. The first kappa shape index (κ1) is 19.8. The quantitative estimate of drug-likeness (QED) is 0.564. The zero-order chi connectivity index (χ0) is 20.5. The lowest BCUT2D eigenvalue weighted by molar-refractivity contribution is -0.384. The number of nitrogens with zero attached hydrogens (tertiary/aromatic N) is 3. The molecule has 1 aliphatic rings. The van der Waals surface area contributed by atoms with Crippen molar-refractivity contribution < 1.29 is 18.1 Å². The fourth-order valence-electron chi connectivity index (χ4n) is 3.22. The first-order chi connectivity index (χ1) is 13.2. The van der Waals surface area contributed by atoms with Crippen molar-refractivity contribution in [3.8, 4) is 0 Å². The fourth-order valence-corrected chi connectivity index (χ4v) is 4.78. The number of hydrogen-bond acceptors (Lipinski definition) is 5. The number of carbonyl (C=O) groups excluding carboxylic acids is 1. The molecule has 0 saturated carbocycles. The van der Waals surface area contributed by atoms with Crippen LogP contribution < -0.4 is 4.31 Å². The Morgan fingerprint density at radius 1 is 1.21 bits per heavy atom. The molecule has 8 nitrogen and oxygen atoms in total. The third-order valence-corrected chi connectivity index (χ3v) is 6.81. The standard InChI is InChI=1S/C19H21N3O5S/c1-14(15-6-3-9-18(12-15)22(24)25)20(2)19(23)16-7-4-8-17(13-16)21-10-5-11-28(21,26)27/h3-4,6-9,12-14H,5,10-11H2,1-2H3. The van der Waals surface area contributed by atoms with E-state index >= 15 is 0 Å². The minimum absolute atomic E-state index is 0.0357. The Morgan fingerprint density at radius 3 is 2.57 bits per heavy atom. The molecule has 9 heteroatoms. The van der Waals surface area contributed by atoms with Crippen molar-refractivity contribution in [2.24, 2.45) is 0 Å². The minimum Gasteiger partial charge on any atom is -0.335 e. The topological polar surface area (TPSA) is 101 Å². The monoisotopic (exact) mass is 403 g/mol. The average Bonchev–Trinajstić information content (AvgIpc) is 3.05. The van der Waals surface area contributed by atoms with E-state index in [1.165, 1.54) is 21.3 Å². The van der Waals surface area contributed by atoms with Crippen LogP contribution in [0.25, 0.3) is 0 Å². The van der Waals surface area contributed by atoms with E-state index in [9.17, 15) is 23.3 Å². The molecule has 0 aliphatic carbocycles. The Kier molecular flexibility index (Phi) is 5.37. The van der Waals surface area contributed by atoms with E-state index in [0.29, 0.717) is 29.8 Å². The minimum atomic E-state index is -3.33. The van der Waals surface area contributed by atoms with Gasteiger partial charge in [-0.1, -0.05) is 18.2 Å². The van der Waals surface area contributed by atoms with E-state index in [4.69, 9.17) is 0 Å². The maximum atomic E-state index is 12.9.